The van der Waals surface area contributed by atoms with E-state index in [1.54, 1.807) is 19.0 Å². The van der Waals surface area contributed by atoms with Gasteiger partial charge >= 0.3 is 12.2 Å². The SMILES string of the molecule is CC(C)[C@@H](OC(=O)N(C)C)C1C[C@@H](C)[C@H]2C(O1)[C@H](O)[C@@]1(N)C3CC[C@H]4C(C)(C)[C@@H](OC(=O)N5CCOCC5)CCC45C[C@@]35CC[C@]21C. The van der Waals surface area contributed by atoms with E-state index in [1.807, 2.05) is 0 Å². The van der Waals surface area contributed by atoms with Crippen LogP contribution < -0.4 is 5.73 Å². The van der Waals surface area contributed by atoms with Gasteiger partial charge in [-0.15, -0.1) is 0 Å². The normalized spacial score (nSPS) is 48.6. The van der Waals surface area contributed by atoms with Crippen LogP contribution in [0.25, 0.3) is 0 Å². The fraction of sp³-hybridized carbons (Fsp3) is 0.946. The molecule has 266 valence electrons. The average molecular weight is 660 g/mol. The first-order valence-corrected chi connectivity index (χ1v) is 18.6. The maximum absolute atomic E-state index is 13.2. The monoisotopic (exact) mass is 659 g/mol. The number of hydrogen-bond donors (Lipinski definition) is 2. The molecule has 2 saturated heterocycles. The second kappa shape index (κ2) is 11.2. The molecule has 10 nitrogen and oxygen atoms in total. The molecule has 7 rings (SSSR count). The van der Waals surface area contributed by atoms with Crippen LogP contribution in [-0.4, -0.2) is 104 Å². The van der Waals surface area contributed by atoms with E-state index in [-0.39, 0.29) is 75.8 Å². The van der Waals surface area contributed by atoms with E-state index in [0.717, 1.165) is 51.4 Å². The van der Waals surface area contributed by atoms with Crippen LogP contribution >= 0.6 is 0 Å². The lowest BCUT2D eigenvalue weighted by molar-refractivity contribution is -0.179. The zero-order valence-electron chi connectivity index (χ0n) is 30.1. The van der Waals surface area contributed by atoms with Crippen molar-refractivity contribution in [3.05, 3.63) is 0 Å². The largest absolute Gasteiger partial charge is 0.446 e. The third kappa shape index (κ3) is 4.55. The van der Waals surface area contributed by atoms with Crippen molar-refractivity contribution < 1.29 is 33.6 Å². The highest BCUT2D eigenvalue weighted by atomic mass is 16.6. The minimum atomic E-state index is -0.782. The molecule has 2 amide bonds. The van der Waals surface area contributed by atoms with Crippen LogP contribution in [0.5, 0.6) is 0 Å². The van der Waals surface area contributed by atoms with Crippen molar-refractivity contribution >= 4 is 12.2 Å². The van der Waals surface area contributed by atoms with E-state index in [1.165, 1.54) is 4.90 Å². The molecule has 10 heteroatoms. The molecule has 2 heterocycles. The van der Waals surface area contributed by atoms with Gasteiger partial charge in [-0.05, 0) is 97.2 Å². The summed E-state index contributed by atoms with van der Waals surface area (Å²) in [6.45, 7) is 15.8. The Labute approximate surface area is 281 Å². The van der Waals surface area contributed by atoms with Crippen LogP contribution in [-0.2, 0) is 18.9 Å². The maximum Gasteiger partial charge on any atom is 0.410 e. The quantitative estimate of drug-likeness (QED) is 0.430. The van der Waals surface area contributed by atoms with Crippen molar-refractivity contribution in [1.82, 2.24) is 9.80 Å². The summed E-state index contributed by atoms with van der Waals surface area (Å²) in [6, 6.07) is 0. The molecule has 13 atom stereocenters. The summed E-state index contributed by atoms with van der Waals surface area (Å²) in [6.07, 6.45) is 5.50. The number of ether oxygens (including phenoxy) is 4. The second-order valence-electron chi connectivity index (χ2n) is 18.2. The highest BCUT2D eigenvalue weighted by molar-refractivity contribution is 5.68. The average Bonchev–Trinajstić information content (AvgIpc) is 3.65. The zero-order valence-corrected chi connectivity index (χ0v) is 30.1. The van der Waals surface area contributed by atoms with Gasteiger partial charge in [0.1, 0.15) is 12.2 Å². The number of nitrogens with zero attached hydrogens (tertiary/aromatic N) is 2. The first-order valence-electron chi connectivity index (χ1n) is 18.6. The summed E-state index contributed by atoms with van der Waals surface area (Å²) in [5.74, 6) is 1.17. The highest BCUT2D eigenvalue weighted by Crippen LogP contribution is 2.87. The van der Waals surface area contributed by atoms with Crippen molar-refractivity contribution in [2.24, 2.45) is 57.0 Å². The molecule has 5 saturated carbocycles. The molecule has 2 aliphatic heterocycles. The molecule has 3 N–H and O–H groups in total. The van der Waals surface area contributed by atoms with Crippen LogP contribution in [0, 0.1) is 51.2 Å². The molecule has 0 aromatic rings. The van der Waals surface area contributed by atoms with Crippen LogP contribution in [0.2, 0.25) is 0 Å². The number of fused-ring (bicyclic) bond motifs is 4. The van der Waals surface area contributed by atoms with Crippen LogP contribution in [0.3, 0.4) is 0 Å². The first kappa shape index (κ1) is 33.9. The number of nitrogens with two attached hydrogens (primary N) is 1. The van der Waals surface area contributed by atoms with Crippen molar-refractivity contribution in [1.29, 1.82) is 0 Å². The van der Waals surface area contributed by atoms with E-state index in [4.69, 9.17) is 24.7 Å². The molecular formula is C37H61N3O7. The number of amides is 2. The predicted octanol–water partition coefficient (Wildman–Crippen LogP) is 5.05. The molecule has 4 unspecified atom stereocenters. The molecule has 0 radical (unpaired) electrons. The van der Waals surface area contributed by atoms with Crippen LogP contribution in [0.15, 0.2) is 0 Å². The van der Waals surface area contributed by atoms with Crippen molar-refractivity contribution in [2.75, 3.05) is 40.4 Å². The molecule has 0 bridgehead atoms. The third-order valence-electron chi connectivity index (χ3n) is 15.4. The lowest BCUT2D eigenvalue weighted by Gasteiger charge is -2.63. The van der Waals surface area contributed by atoms with E-state index in [2.05, 4.69) is 41.5 Å². The number of aliphatic hydroxyl groups excluding tert-OH is 1. The summed E-state index contributed by atoms with van der Waals surface area (Å²) < 4.78 is 24.6. The third-order valence-corrected chi connectivity index (χ3v) is 15.4. The Bertz CT molecular complexity index is 1250. The van der Waals surface area contributed by atoms with E-state index in [0.29, 0.717) is 32.2 Å². The van der Waals surface area contributed by atoms with Gasteiger partial charge in [-0.2, -0.15) is 0 Å². The molecule has 2 spiro atoms. The van der Waals surface area contributed by atoms with Gasteiger partial charge in [0.05, 0.1) is 37.1 Å². The standard InChI is InChI=1S/C37H61N3O7/c1-21(2)28(47-31(42)39(7)8)23-19-22(3)27-29(45-23)30(41)37(38)25-10-9-24-33(4,5)26(46-32(43)40-15-17-44-18-16-40)11-12-35(24)20-36(25,35)14-13-34(27,37)6/h21-30,41H,9-20,38H2,1-8H3/t22-,23?,24+,25?,26+,27+,28-,29?,30+,34-,35?,36+,37+/m1/s1. The maximum atomic E-state index is 13.2. The number of morpholine rings is 1. The van der Waals surface area contributed by atoms with Gasteiger partial charge < -0.3 is 39.6 Å². The number of aliphatic hydroxyl groups is 1. The van der Waals surface area contributed by atoms with Gasteiger partial charge in [0.25, 0.3) is 0 Å². The van der Waals surface area contributed by atoms with Crippen molar-refractivity contribution in [3.8, 4) is 0 Å². The Hall–Kier alpha value is -1.62. The van der Waals surface area contributed by atoms with Gasteiger partial charge in [0, 0.05) is 32.6 Å². The van der Waals surface area contributed by atoms with Gasteiger partial charge in [-0.1, -0.05) is 41.5 Å². The Kier molecular flexibility index (Phi) is 8.06. The van der Waals surface area contributed by atoms with Crippen molar-refractivity contribution in [3.63, 3.8) is 0 Å². The summed E-state index contributed by atoms with van der Waals surface area (Å²) in [4.78, 5) is 29.1. The molecule has 5 aliphatic carbocycles. The van der Waals surface area contributed by atoms with E-state index in [9.17, 15) is 14.7 Å². The second-order valence-corrected chi connectivity index (χ2v) is 18.2. The molecule has 47 heavy (non-hydrogen) atoms. The molecule has 0 aromatic heterocycles. The molecule has 0 aromatic carbocycles. The van der Waals surface area contributed by atoms with Gasteiger partial charge in [0.15, 0.2) is 0 Å². The van der Waals surface area contributed by atoms with E-state index >= 15 is 0 Å². The topological polar surface area (TPSA) is 124 Å². The number of hydrogen-bond acceptors (Lipinski definition) is 8. The van der Waals surface area contributed by atoms with Gasteiger partial charge in [-0.3, -0.25) is 0 Å². The smallest absolute Gasteiger partial charge is 0.410 e. The lowest BCUT2D eigenvalue weighted by Crippen LogP contribution is -2.70. The van der Waals surface area contributed by atoms with Crippen molar-refractivity contribution in [2.45, 2.75) is 129 Å². The number of rotatable bonds is 4. The highest BCUT2D eigenvalue weighted by Gasteiger charge is 2.85. The molecular weight excluding hydrogens is 598 g/mol. The van der Waals surface area contributed by atoms with Crippen LogP contribution in [0.1, 0.15) is 92.9 Å². The van der Waals surface area contributed by atoms with Gasteiger partial charge in [-0.25, -0.2) is 9.59 Å². The summed E-state index contributed by atoms with van der Waals surface area (Å²) in [7, 11) is 3.40. The number of carbonyl (C=O) groups is 2. The van der Waals surface area contributed by atoms with Gasteiger partial charge in [0.2, 0.25) is 0 Å². The Morgan fingerprint density at radius 2 is 1.66 bits per heavy atom. The minimum absolute atomic E-state index is 0.0763. The predicted molar refractivity (Wildman–Crippen MR) is 176 cm³/mol. The molecule has 7 fully saturated rings. The Balaban J connectivity index is 1.13. The number of carbonyl (C=O) groups excluding carboxylic acids is 2. The van der Waals surface area contributed by atoms with Crippen LogP contribution in [0.4, 0.5) is 9.59 Å². The fourth-order valence-electron chi connectivity index (χ4n) is 13.2. The fourth-order valence-corrected chi connectivity index (χ4v) is 13.2. The molecule has 7 aliphatic rings. The summed E-state index contributed by atoms with van der Waals surface area (Å²) in [5.41, 5.74) is 6.94. The summed E-state index contributed by atoms with van der Waals surface area (Å²) in [5, 5.41) is 12.5. The first-order chi connectivity index (χ1) is 22.0. The Morgan fingerprint density at radius 3 is 2.32 bits per heavy atom. The lowest BCUT2D eigenvalue weighted by atomic mass is 9.43. The zero-order chi connectivity index (χ0) is 33.9. The van der Waals surface area contributed by atoms with E-state index < -0.39 is 17.7 Å². The summed E-state index contributed by atoms with van der Waals surface area (Å²) >= 11 is 0. The minimum Gasteiger partial charge on any atom is -0.446 e. The Morgan fingerprint density at radius 1 is 1.00 bits per heavy atom.